The van der Waals surface area contributed by atoms with E-state index >= 15 is 0 Å². The van der Waals surface area contributed by atoms with Gasteiger partial charge in [0.1, 0.15) is 37.8 Å². The normalized spacial score (nSPS) is 15.9. The third-order valence-electron chi connectivity index (χ3n) is 5.34. The summed E-state index contributed by atoms with van der Waals surface area (Å²) >= 11 is 0. The van der Waals surface area contributed by atoms with E-state index in [4.69, 9.17) is 28.4 Å². The first-order valence-electron chi connectivity index (χ1n) is 11.7. The average molecular weight is 730 g/mol. The maximum Gasteiger partial charge on any atom is 0.167 e. The van der Waals surface area contributed by atoms with Gasteiger partial charge in [-0.15, -0.1) is 0 Å². The summed E-state index contributed by atoms with van der Waals surface area (Å²) < 4.78 is 36.7. The number of hydrogen-bond donors (Lipinski definition) is 0. The molecule has 0 amide bonds. The molecular formula is C26H40I2N2O6. The fourth-order valence-electron chi connectivity index (χ4n) is 3.34. The molecule has 0 aromatic heterocycles. The van der Waals surface area contributed by atoms with Crippen LogP contribution < -0.4 is 75.9 Å². The Kier molecular flexibility index (Phi) is 14.1. The number of benzene rings is 2. The molecule has 10 heteroatoms. The summed E-state index contributed by atoms with van der Waals surface area (Å²) in [6, 6.07) is 12.1. The molecule has 204 valence electrons. The predicted molar refractivity (Wildman–Crippen MR) is 136 cm³/mol. The Morgan fingerprint density at radius 2 is 0.750 bits per heavy atom. The van der Waals surface area contributed by atoms with Crippen molar-refractivity contribution < 1.29 is 76.4 Å². The lowest BCUT2D eigenvalue weighted by Gasteiger charge is -2.25. The van der Waals surface area contributed by atoms with Crippen LogP contribution in [0.4, 0.5) is 11.4 Å². The van der Waals surface area contributed by atoms with E-state index in [1.807, 2.05) is 24.3 Å². The van der Waals surface area contributed by atoms with Gasteiger partial charge in [0.05, 0.1) is 68.7 Å². The molecule has 0 unspecified atom stereocenters. The van der Waals surface area contributed by atoms with E-state index in [-0.39, 0.29) is 48.0 Å². The predicted octanol–water partition coefficient (Wildman–Crippen LogP) is -2.65. The summed E-state index contributed by atoms with van der Waals surface area (Å²) in [6.07, 6.45) is 0. The minimum atomic E-state index is 0. The fraction of sp³-hybridized carbons (Fsp3) is 0.538. The highest BCUT2D eigenvalue weighted by molar-refractivity contribution is 5.54. The molecular weight excluding hydrogens is 690 g/mol. The molecule has 0 saturated carbocycles. The Bertz CT molecular complexity index is 858. The van der Waals surface area contributed by atoms with E-state index in [1.54, 1.807) is 0 Å². The standard InChI is InChI=1S/C26H40N2O6.2HI/c1-27(2,3)21-7-9-23-25(19-21)33-17-13-30-14-18-34-26-20-22(28(4,5)6)8-10-24(26)32-16-12-29-11-15-31-23;;/h7-10,19-20H,11-18H2,1-6H3;2*1H/q+2;;/p-2. The minimum Gasteiger partial charge on any atom is -1.00 e. The summed E-state index contributed by atoms with van der Waals surface area (Å²) in [4.78, 5) is 0. The molecule has 1 aliphatic rings. The lowest BCUT2D eigenvalue weighted by atomic mass is 10.2. The van der Waals surface area contributed by atoms with E-state index in [2.05, 4.69) is 54.4 Å². The van der Waals surface area contributed by atoms with Crippen molar-refractivity contribution in [1.82, 2.24) is 8.97 Å². The average Bonchev–Trinajstić information content (AvgIpc) is 2.77. The van der Waals surface area contributed by atoms with Crippen LogP contribution in [0.3, 0.4) is 0 Å². The zero-order valence-electron chi connectivity index (χ0n) is 22.2. The number of ether oxygens (including phenoxy) is 6. The number of nitrogens with zero attached hydrogens (tertiary/aromatic N) is 2. The van der Waals surface area contributed by atoms with Crippen LogP contribution in [0.25, 0.3) is 0 Å². The van der Waals surface area contributed by atoms with E-state index in [9.17, 15) is 0 Å². The first-order valence-corrected chi connectivity index (χ1v) is 11.7. The van der Waals surface area contributed by atoms with Gasteiger partial charge in [0.15, 0.2) is 23.0 Å². The maximum absolute atomic E-state index is 6.01. The van der Waals surface area contributed by atoms with Crippen molar-refractivity contribution >= 4 is 11.4 Å². The Morgan fingerprint density at radius 3 is 1.06 bits per heavy atom. The highest BCUT2D eigenvalue weighted by Gasteiger charge is 2.18. The van der Waals surface area contributed by atoms with Gasteiger partial charge in [-0.1, -0.05) is 0 Å². The minimum absolute atomic E-state index is 0. The van der Waals surface area contributed by atoms with Crippen molar-refractivity contribution in [2.75, 3.05) is 95.1 Å². The van der Waals surface area contributed by atoms with Gasteiger partial charge >= 0.3 is 0 Å². The van der Waals surface area contributed by atoms with Crippen LogP contribution in [0.2, 0.25) is 0 Å². The second kappa shape index (κ2) is 15.4. The van der Waals surface area contributed by atoms with Gasteiger partial charge < -0.3 is 76.4 Å². The first-order chi connectivity index (χ1) is 16.1. The van der Waals surface area contributed by atoms with Crippen LogP contribution in [0, 0.1) is 0 Å². The highest BCUT2D eigenvalue weighted by Crippen LogP contribution is 2.34. The lowest BCUT2D eigenvalue weighted by Crippen LogP contribution is -3.00. The lowest BCUT2D eigenvalue weighted by molar-refractivity contribution is -0.00100. The van der Waals surface area contributed by atoms with Crippen LogP contribution in [0.5, 0.6) is 23.0 Å². The second-order valence-electron chi connectivity index (χ2n) is 9.91. The zero-order valence-corrected chi connectivity index (χ0v) is 26.5. The van der Waals surface area contributed by atoms with Gasteiger partial charge in [0.2, 0.25) is 0 Å². The number of rotatable bonds is 2. The van der Waals surface area contributed by atoms with Gasteiger partial charge in [-0.05, 0) is 12.1 Å². The van der Waals surface area contributed by atoms with Gasteiger partial charge in [-0.25, -0.2) is 0 Å². The Morgan fingerprint density at radius 1 is 0.444 bits per heavy atom. The third kappa shape index (κ3) is 10.4. The van der Waals surface area contributed by atoms with Gasteiger partial charge in [-0.3, -0.25) is 8.97 Å². The number of halogens is 2. The smallest absolute Gasteiger partial charge is 0.167 e. The van der Waals surface area contributed by atoms with E-state index < -0.39 is 0 Å². The molecule has 36 heavy (non-hydrogen) atoms. The van der Waals surface area contributed by atoms with Crippen LogP contribution in [-0.2, 0) is 9.47 Å². The van der Waals surface area contributed by atoms with Gasteiger partial charge in [0.25, 0.3) is 0 Å². The first kappa shape index (κ1) is 33.0. The van der Waals surface area contributed by atoms with Crippen molar-refractivity contribution in [2.45, 2.75) is 0 Å². The van der Waals surface area contributed by atoms with Crippen LogP contribution >= 0.6 is 0 Å². The summed E-state index contributed by atoms with van der Waals surface area (Å²) in [5.74, 6) is 2.81. The summed E-state index contributed by atoms with van der Waals surface area (Å²) in [6.45, 7) is 3.47. The SMILES string of the molecule is C[N+](C)(C)c1ccc2c(c1)OCCOCCOc1cc([N+](C)(C)C)ccc1OCCOCCO2.[I-].[I-]. The third-order valence-corrected chi connectivity index (χ3v) is 5.34. The topological polar surface area (TPSA) is 55.4 Å². The van der Waals surface area contributed by atoms with E-state index in [0.29, 0.717) is 84.8 Å². The van der Waals surface area contributed by atoms with Crippen molar-refractivity contribution in [2.24, 2.45) is 0 Å². The van der Waals surface area contributed by atoms with Gasteiger partial charge in [0, 0.05) is 24.3 Å². The second-order valence-corrected chi connectivity index (χ2v) is 9.91. The van der Waals surface area contributed by atoms with Crippen LogP contribution in [0.1, 0.15) is 0 Å². The molecule has 0 radical (unpaired) electrons. The molecule has 0 atom stereocenters. The summed E-state index contributed by atoms with van der Waals surface area (Å²) in [7, 11) is 12.7. The van der Waals surface area contributed by atoms with Crippen molar-refractivity contribution in [1.29, 1.82) is 0 Å². The van der Waals surface area contributed by atoms with Crippen LogP contribution in [-0.4, -0.2) is 95.1 Å². The van der Waals surface area contributed by atoms with Crippen LogP contribution in [0.15, 0.2) is 36.4 Å². The molecule has 0 spiro atoms. The molecule has 0 saturated heterocycles. The van der Waals surface area contributed by atoms with Crippen molar-refractivity contribution in [3.05, 3.63) is 36.4 Å². The molecule has 1 aliphatic heterocycles. The summed E-state index contributed by atoms with van der Waals surface area (Å²) in [5, 5.41) is 0. The van der Waals surface area contributed by atoms with Crippen molar-refractivity contribution in [3.63, 3.8) is 0 Å². The largest absolute Gasteiger partial charge is 1.00 e. The molecule has 0 aliphatic carbocycles. The Labute approximate surface area is 250 Å². The molecule has 2 aromatic carbocycles. The Balaban J connectivity index is 0.00000324. The zero-order chi connectivity index (χ0) is 24.6. The van der Waals surface area contributed by atoms with E-state index in [0.717, 1.165) is 11.4 Å². The number of fused-ring (bicyclic) bond motifs is 2. The molecule has 2 aromatic rings. The maximum atomic E-state index is 6.01. The number of quaternary nitrogens is 2. The molecule has 0 fully saturated rings. The molecule has 0 bridgehead atoms. The Hall–Kier alpha value is -1.06. The number of hydrogen-bond acceptors (Lipinski definition) is 6. The summed E-state index contributed by atoms with van der Waals surface area (Å²) in [5.41, 5.74) is 2.25. The molecule has 1 heterocycles. The fourth-order valence-corrected chi connectivity index (χ4v) is 3.34. The van der Waals surface area contributed by atoms with E-state index in [1.165, 1.54) is 0 Å². The monoisotopic (exact) mass is 730 g/mol. The quantitative estimate of drug-likeness (QED) is 0.249. The van der Waals surface area contributed by atoms with Crippen molar-refractivity contribution in [3.8, 4) is 23.0 Å². The molecule has 0 N–H and O–H groups in total. The molecule has 8 nitrogen and oxygen atoms in total. The molecule has 3 rings (SSSR count). The van der Waals surface area contributed by atoms with Gasteiger partial charge in [-0.2, -0.15) is 0 Å². The highest BCUT2D eigenvalue weighted by atomic mass is 127.